The van der Waals surface area contributed by atoms with Crippen LogP contribution in [0.25, 0.3) is 55.4 Å². The van der Waals surface area contributed by atoms with Gasteiger partial charge in [0.1, 0.15) is 22.9 Å². The van der Waals surface area contributed by atoms with Gasteiger partial charge in [0.05, 0.1) is 0 Å². The van der Waals surface area contributed by atoms with E-state index in [1.807, 2.05) is 97.3 Å². The predicted molar refractivity (Wildman–Crippen MR) is 183 cm³/mol. The fourth-order valence-electron chi connectivity index (χ4n) is 4.91. The molecule has 0 amide bonds. The van der Waals surface area contributed by atoms with E-state index in [9.17, 15) is 10.2 Å². The van der Waals surface area contributed by atoms with Crippen LogP contribution in [-0.2, 0) is 40.2 Å². The molecule has 0 bridgehead atoms. The summed E-state index contributed by atoms with van der Waals surface area (Å²) in [6, 6.07) is 49.1. The first-order chi connectivity index (χ1) is 22.7. The van der Waals surface area contributed by atoms with Crippen LogP contribution in [0, 0.1) is 12.1 Å². The third-order valence-electron chi connectivity index (χ3n) is 7.07. The molecule has 2 N–H and O–H groups in total. The van der Waals surface area contributed by atoms with Gasteiger partial charge in [-0.3, -0.25) is 9.97 Å². The van der Waals surface area contributed by atoms with Crippen molar-refractivity contribution in [1.29, 1.82) is 0 Å². The Kier molecular flexibility index (Phi) is 13.2. The molecule has 0 saturated heterocycles. The monoisotopic (exact) mass is 982 g/mol. The van der Waals surface area contributed by atoms with Crippen LogP contribution in [0.15, 0.2) is 158 Å². The first-order valence-electron chi connectivity index (χ1n) is 14.6. The van der Waals surface area contributed by atoms with E-state index in [1.165, 1.54) is 46.1 Å². The number of hydrogen-bond acceptors (Lipinski definition) is 6. The van der Waals surface area contributed by atoms with Crippen molar-refractivity contribution >= 4 is 21.5 Å². The van der Waals surface area contributed by atoms with Crippen LogP contribution in [0.5, 0.6) is 11.5 Å². The van der Waals surface area contributed by atoms with Crippen molar-refractivity contribution in [3.63, 3.8) is 0 Å². The van der Waals surface area contributed by atoms with Crippen molar-refractivity contribution in [2.24, 2.45) is 0 Å². The quantitative estimate of drug-likeness (QED) is 0.172. The molecule has 0 aliphatic rings. The maximum absolute atomic E-state index is 9.47. The molecule has 6 nitrogen and oxygen atoms in total. The van der Waals surface area contributed by atoms with Gasteiger partial charge in [-0.15, -0.1) is 71.8 Å². The second-order valence-electron chi connectivity index (χ2n) is 10.1. The summed E-state index contributed by atoms with van der Waals surface area (Å²) in [5.74, 6) is 0.00278. The Morgan fingerprint density at radius 3 is 1.17 bits per heavy atom. The zero-order chi connectivity index (χ0) is 31.6. The third kappa shape index (κ3) is 8.62. The molecule has 4 heterocycles. The van der Waals surface area contributed by atoms with E-state index in [-0.39, 0.29) is 63.1 Å². The van der Waals surface area contributed by atoms with Crippen LogP contribution in [0.1, 0.15) is 0 Å². The van der Waals surface area contributed by atoms with Crippen LogP contribution in [0.4, 0.5) is 0 Å². The number of benzene rings is 4. The normalized spacial score (nSPS) is 9.92. The second-order valence-corrected chi connectivity index (χ2v) is 10.1. The largest absolute Gasteiger partial charge is 0.506 e. The molecule has 0 fully saturated rings. The Hall–Kier alpha value is -5.10. The topological polar surface area (TPSA) is 92.0 Å². The van der Waals surface area contributed by atoms with Crippen LogP contribution in [0.3, 0.4) is 0 Å². The molecule has 0 aliphatic carbocycles. The van der Waals surface area contributed by atoms with E-state index in [1.54, 1.807) is 12.1 Å². The number of pyridine rings is 4. The summed E-state index contributed by atoms with van der Waals surface area (Å²) in [7, 11) is 0. The van der Waals surface area contributed by atoms with Crippen molar-refractivity contribution in [3.8, 4) is 45.4 Å². The number of aromatic hydroxyl groups is 2. The number of rotatable bonds is 3. The summed E-state index contributed by atoms with van der Waals surface area (Å²) in [4.78, 5) is 16.8. The first kappa shape index (κ1) is 35.7. The van der Waals surface area contributed by atoms with Crippen LogP contribution in [-0.4, -0.2) is 30.1 Å². The first-order valence-corrected chi connectivity index (χ1v) is 14.6. The predicted octanol–water partition coefficient (Wildman–Crippen LogP) is 8.95. The molecule has 8 aromatic rings. The van der Waals surface area contributed by atoms with E-state index in [4.69, 9.17) is 0 Å². The van der Waals surface area contributed by atoms with Gasteiger partial charge in [0.2, 0.25) is 0 Å². The molecule has 8 heteroatoms. The van der Waals surface area contributed by atoms with Gasteiger partial charge in [-0.1, -0.05) is 48.5 Å². The van der Waals surface area contributed by atoms with Crippen molar-refractivity contribution in [3.05, 3.63) is 170 Å². The average molecular weight is 981 g/mol. The third-order valence-corrected chi connectivity index (χ3v) is 7.07. The number of nitrogens with zero attached hydrogens (tertiary/aromatic N) is 4. The van der Waals surface area contributed by atoms with Gasteiger partial charge in [0, 0.05) is 65.0 Å². The van der Waals surface area contributed by atoms with E-state index in [2.05, 4.69) is 56.3 Å². The molecule has 0 aliphatic heterocycles. The molecule has 0 saturated carbocycles. The Labute approximate surface area is 306 Å². The molecular formula is C40H28Ir2N4O2-2. The Morgan fingerprint density at radius 2 is 0.771 bits per heavy atom. The van der Waals surface area contributed by atoms with Crippen molar-refractivity contribution in [2.75, 3.05) is 0 Å². The average Bonchev–Trinajstić information content (AvgIpc) is 3.13. The van der Waals surface area contributed by atoms with Gasteiger partial charge >= 0.3 is 0 Å². The molecule has 240 valence electrons. The van der Waals surface area contributed by atoms with E-state index in [0.717, 1.165) is 22.5 Å². The molecular weight excluding hydrogens is 953 g/mol. The van der Waals surface area contributed by atoms with Crippen molar-refractivity contribution < 1.29 is 50.4 Å². The molecule has 0 spiro atoms. The molecule has 48 heavy (non-hydrogen) atoms. The Morgan fingerprint density at radius 1 is 0.375 bits per heavy atom. The summed E-state index contributed by atoms with van der Waals surface area (Å²) in [6.07, 6.45) is 6.75. The summed E-state index contributed by atoms with van der Waals surface area (Å²) in [5.41, 5.74) is 4.65. The van der Waals surface area contributed by atoms with Gasteiger partial charge in [0.15, 0.2) is 0 Å². The Bertz CT molecular complexity index is 2030. The van der Waals surface area contributed by atoms with Gasteiger partial charge in [-0.2, -0.15) is 0 Å². The zero-order valence-corrected chi connectivity index (χ0v) is 30.2. The zero-order valence-electron chi connectivity index (χ0n) is 25.4. The van der Waals surface area contributed by atoms with Gasteiger partial charge in [-0.25, -0.2) is 0 Å². The fraction of sp³-hybridized carbons (Fsp3) is 0. The molecule has 8 rings (SSSR count). The Balaban J connectivity index is 0.000000160. The van der Waals surface area contributed by atoms with E-state index >= 15 is 0 Å². The second kappa shape index (κ2) is 17.7. The van der Waals surface area contributed by atoms with Gasteiger partial charge < -0.3 is 20.2 Å². The van der Waals surface area contributed by atoms with Crippen molar-refractivity contribution in [2.45, 2.75) is 0 Å². The number of aromatic nitrogens is 4. The molecule has 0 unspecified atom stereocenters. The maximum atomic E-state index is 9.47. The minimum atomic E-state index is 0. The fourth-order valence-corrected chi connectivity index (χ4v) is 4.91. The standard InChI is InChI=1S/2C15H10N.C10H8N2O2.2Ir/c2*1-2-7-13(8-3-1)15-14-9-5-4-6-12(14)10-11-16-15;13-7-3-1-5-11-9(7)10-8(14)4-2-6-12-10;;/h2*1-7,9-11H;1-6,13-14H;;/q2*-1;;;. The van der Waals surface area contributed by atoms with Gasteiger partial charge in [-0.05, 0) is 69.3 Å². The van der Waals surface area contributed by atoms with Crippen LogP contribution < -0.4 is 0 Å². The summed E-state index contributed by atoms with van der Waals surface area (Å²) < 4.78 is 0. The van der Waals surface area contributed by atoms with Gasteiger partial charge in [0.25, 0.3) is 0 Å². The molecule has 0 atom stereocenters. The molecule has 4 aromatic heterocycles. The summed E-state index contributed by atoms with van der Waals surface area (Å²) >= 11 is 0. The minimum absolute atomic E-state index is 0. The molecule has 2 radical (unpaired) electrons. The SMILES string of the molecule is Oc1cccnc1-c1ncccc1O.[Ir].[Ir].[c-]1ccccc1-c1nccc2ccccc12.[c-]1ccccc1-c1nccc2ccccc12. The van der Waals surface area contributed by atoms with Crippen molar-refractivity contribution in [1.82, 2.24) is 19.9 Å². The minimum Gasteiger partial charge on any atom is -0.506 e. The number of hydrogen-bond donors (Lipinski definition) is 2. The summed E-state index contributed by atoms with van der Waals surface area (Å²) in [5, 5.41) is 23.7. The van der Waals surface area contributed by atoms with E-state index in [0.29, 0.717) is 0 Å². The van der Waals surface area contributed by atoms with Crippen LogP contribution >= 0.6 is 0 Å². The molecule has 4 aromatic carbocycles. The van der Waals surface area contributed by atoms with E-state index < -0.39 is 0 Å². The maximum Gasteiger partial charge on any atom is 0.143 e. The van der Waals surface area contributed by atoms with Crippen LogP contribution in [0.2, 0.25) is 0 Å². The summed E-state index contributed by atoms with van der Waals surface area (Å²) in [6.45, 7) is 0. The number of fused-ring (bicyclic) bond motifs is 2. The smallest absolute Gasteiger partial charge is 0.143 e.